The molecule has 1 aliphatic rings. The quantitative estimate of drug-likeness (QED) is 0.766. The monoisotopic (exact) mass is 241 g/mol. The van der Waals surface area contributed by atoms with Crippen molar-refractivity contribution >= 4 is 5.91 Å². The minimum absolute atomic E-state index is 0.156. The SMILES string of the molecule is CC(C)(C)C[C@@H]1C[C@@H](O)CN1C(=O)C(C)(C)C. The Morgan fingerprint density at radius 1 is 1.24 bits per heavy atom. The molecule has 0 aromatic heterocycles. The van der Waals surface area contributed by atoms with E-state index in [1.54, 1.807) is 0 Å². The lowest BCUT2D eigenvalue weighted by atomic mass is 9.86. The Balaban J connectivity index is 2.79. The Bertz CT molecular complexity index is 286. The van der Waals surface area contributed by atoms with Gasteiger partial charge in [-0.3, -0.25) is 4.79 Å². The summed E-state index contributed by atoms with van der Waals surface area (Å²) >= 11 is 0. The van der Waals surface area contributed by atoms with Crippen LogP contribution in [-0.4, -0.2) is 34.6 Å². The van der Waals surface area contributed by atoms with Gasteiger partial charge in [-0.1, -0.05) is 41.5 Å². The predicted octanol–water partition coefficient (Wildman–Crippen LogP) is 2.43. The van der Waals surface area contributed by atoms with Gasteiger partial charge < -0.3 is 10.0 Å². The van der Waals surface area contributed by atoms with Crippen LogP contribution in [0, 0.1) is 10.8 Å². The Labute approximate surface area is 105 Å². The molecule has 0 aliphatic carbocycles. The molecule has 0 aromatic rings. The van der Waals surface area contributed by atoms with Crippen molar-refractivity contribution in [1.29, 1.82) is 0 Å². The summed E-state index contributed by atoms with van der Waals surface area (Å²) in [5.74, 6) is 0.156. The van der Waals surface area contributed by atoms with Gasteiger partial charge >= 0.3 is 0 Å². The number of carbonyl (C=O) groups is 1. The molecule has 0 bridgehead atoms. The van der Waals surface area contributed by atoms with E-state index in [-0.39, 0.29) is 28.9 Å². The van der Waals surface area contributed by atoms with Crippen molar-refractivity contribution in [2.45, 2.75) is 66.5 Å². The van der Waals surface area contributed by atoms with Crippen molar-refractivity contribution in [1.82, 2.24) is 4.90 Å². The maximum Gasteiger partial charge on any atom is 0.228 e. The third kappa shape index (κ3) is 3.98. The van der Waals surface area contributed by atoms with E-state index >= 15 is 0 Å². The first-order chi connectivity index (χ1) is 7.50. The second-order valence-corrected chi connectivity index (χ2v) is 7.52. The number of amides is 1. The summed E-state index contributed by atoms with van der Waals surface area (Å²) in [4.78, 5) is 14.2. The smallest absolute Gasteiger partial charge is 0.228 e. The molecule has 100 valence electrons. The maximum absolute atomic E-state index is 12.3. The lowest BCUT2D eigenvalue weighted by Gasteiger charge is -2.34. The summed E-state index contributed by atoms with van der Waals surface area (Å²) in [5.41, 5.74) is -0.175. The molecule has 1 N–H and O–H groups in total. The topological polar surface area (TPSA) is 40.5 Å². The number of hydrogen-bond donors (Lipinski definition) is 1. The standard InChI is InChI=1S/C14H27NO2/c1-13(2,3)8-10-7-11(16)9-15(10)12(17)14(4,5)6/h10-11,16H,7-9H2,1-6H3/t10-,11+/m0/s1. The van der Waals surface area contributed by atoms with Gasteiger partial charge in [-0.15, -0.1) is 0 Å². The van der Waals surface area contributed by atoms with Crippen molar-refractivity contribution < 1.29 is 9.90 Å². The molecular formula is C14H27NO2. The molecule has 1 rings (SSSR count). The van der Waals surface area contributed by atoms with Crippen molar-refractivity contribution in [3.8, 4) is 0 Å². The van der Waals surface area contributed by atoms with Crippen LogP contribution in [0.1, 0.15) is 54.4 Å². The highest BCUT2D eigenvalue weighted by Gasteiger charge is 2.39. The van der Waals surface area contributed by atoms with Crippen LogP contribution in [0.25, 0.3) is 0 Å². The molecule has 1 fully saturated rings. The number of carbonyl (C=O) groups excluding carboxylic acids is 1. The first-order valence-electron chi connectivity index (χ1n) is 6.50. The molecule has 3 nitrogen and oxygen atoms in total. The van der Waals surface area contributed by atoms with E-state index in [1.165, 1.54) is 0 Å². The second-order valence-electron chi connectivity index (χ2n) is 7.52. The number of aliphatic hydroxyl groups is 1. The lowest BCUT2D eigenvalue weighted by molar-refractivity contribution is -0.141. The van der Waals surface area contributed by atoms with Crippen LogP contribution in [0.3, 0.4) is 0 Å². The van der Waals surface area contributed by atoms with Gasteiger partial charge in [-0.25, -0.2) is 0 Å². The number of likely N-dealkylation sites (tertiary alicyclic amines) is 1. The zero-order valence-electron chi connectivity index (χ0n) is 12.1. The average molecular weight is 241 g/mol. The molecule has 1 amide bonds. The highest BCUT2D eigenvalue weighted by atomic mass is 16.3. The minimum atomic E-state index is -0.361. The molecule has 1 aliphatic heterocycles. The molecule has 0 unspecified atom stereocenters. The zero-order chi connectivity index (χ0) is 13.4. The van der Waals surface area contributed by atoms with E-state index < -0.39 is 0 Å². The van der Waals surface area contributed by atoms with Gasteiger partial charge in [0.1, 0.15) is 0 Å². The van der Waals surface area contributed by atoms with E-state index in [4.69, 9.17) is 0 Å². The largest absolute Gasteiger partial charge is 0.391 e. The van der Waals surface area contributed by atoms with Crippen molar-refractivity contribution in [2.75, 3.05) is 6.54 Å². The molecule has 0 spiro atoms. The normalized spacial score (nSPS) is 26.4. The van der Waals surface area contributed by atoms with Gasteiger partial charge in [0.15, 0.2) is 0 Å². The van der Waals surface area contributed by atoms with Crippen molar-refractivity contribution in [2.24, 2.45) is 10.8 Å². The predicted molar refractivity (Wildman–Crippen MR) is 69.7 cm³/mol. The number of nitrogens with zero attached hydrogens (tertiary/aromatic N) is 1. The van der Waals surface area contributed by atoms with E-state index in [2.05, 4.69) is 20.8 Å². The van der Waals surface area contributed by atoms with Gasteiger partial charge in [-0.2, -0.15) is 0 Å². The fourth-order valence-electron chi connectivity index (χ4n) is 2.47. The summed E-state index contributed by atoms with van der Waals surface area (Å²) < 4.78 is 0. The van der Waals surface area contributed by atoms with E-state index in [0.717, 1.165) is 12.8 Å². The van der Waals surface area contributed by atoms with E-state index in [1.807, 2.05) is 25.7 Å². The number of rotatable bonds is 1. The molecule has 1 saturated heterocycles. The first kappa shape index (κ1) is 14.5. The van der Waals surface area contributed by atoms with Crippen molar-refractivity contribution in [3.05, 3.63) is 0 Å². The lowest BCUT2D eigenvalue weighted by Crippen LogP contribution is -2.44. The molecule has 0 radical (unpaired) electrons. The molecule has 0 saturated carbocycles. The van der Waals surface area contributed by atoms with Crippen LogP contribution in [0.2, 0.25) is 0 Å². The maximum atomic E-state index is 12.3. The summed E-state index contributed by atoms with van der Waals surface area (Å²) in [5, 5.41) is 9.79. The van der Waals surface area contributed by atoms with E-state index in [0.29, 0.717) is 6.54 Å². The Morgan fingerprint density at radius 3 is 2.18 bits per heavy atom. The van der Waals surface area contributed by atoms with Crippen LogP contribution in [0.15, 0.2) is 0 Å². The van der Waals surface area contributed by atoms with Crippen LogP contribution < -0.4 is 0 Å². The molecule has 17 heavy (non-hydrogen) atoms. The third-order valence-corrected chi connectivity index (χ3v) is 3.14. The van der Waals surface area contributed by atoms with Crippen LogP contribution in [-0.2, 0) is 4.79 Å². The summed E-state index contributed by atoms with van der Waals surface area (Å²) in [6, 6.07) is 0.191. The van der Waals surface area contributed by atoms with Crippen molar-refractivity contribution in [3.63, 3.8) is 0 Å². The van der Waals surface area contributed by atoms with Crippen LogP contribution in [0.5, 0.6) is 0 Å². The minimum Gasteiger partial charge on any atom is -0.391 e. The van der Waals surface area contributed by atoms with Gasteiger partial charge in [0.2, 0.25) is 5.91 Å². The third-order valence-electron chi connectivity index (χ3n) is 3.14. The Morgan fingerprint density at radius 2 is 1.76 bits per heavy atom. The summed E-state index contributed by atoms with van der Waals surface area (Å²) in [6.07, 6.45) is 1.32. The first-order valence-corrected chi connectivity index (χ1v) is 6.50. The van der Waals surface area contributed by atoms with Gasteiger partial charge in [0.05, 0.1) is 6.10 Å². The fraction of sp³-hybridized carbons (Fsp3) is 0.929. The van der Waals surface area contributed by atoms with Crippen LogP contribution >= 0.6 is 0 Å². The fourth-order valence-corrected chi connectivity index (χ4v) is 2.47. The molecule has 0 aromatic carbocycles. The molecule has 1 heterocycles. The number of aliphatic hydroxyl groups excluding tert-OH is 1. The summed E-state index contributed by atoms with van der Waals surface area (Å²) in [7, 11) is 0. The summed E-state index contributed by atoms with van der Waals surface area (Å²) in [6.45, 7) is 12.8. The molecule has 3 heteroatoms. The van der Waals surface area contributed by atoms with Gasteiger partial charge in [0, 0.05) is 18.0 Å². The highest BCUT2D eigenvalue weighted by Crippen LogP contribution is 2.32. The molecular weight excluding hydrogens is 214 g/mol. The average Bonchev–Trinajstić information content (AvgIpc) is 2.40. The van der Waals surface area contributed by atoms with Gasteiger partial charge in [-0.05, 0) is 18.3 Å². The Kier molecular flexibility index (Phi) is 3.92. The van der Waals surface area contributed by atoms with Gasteiger partial charge in [0.25, 0.3) is 0 Å². The highest BCUT2D eigenvalue weighted by molar-refractivity contribution is 5.82. The van der Waals surface area contributed by atoms with Crippen LogP contribution in [0.4, 0.5) is 0 Å². The zero-order valence-corrected chi connectivity index (χ0v) is 12.1. The number of hydrogen-bond acceptors (Lipinski definition) is 2. The van der Waals surface area contributed by atoms with E-state index in [9.17, 15) is 9.90 Å². The molecule has 2 atom stereocenters. The Hall–Kier alpha value is -0.570. The number of β-amino-alcohol motifs (C(OH)–C–C–N with tert-alkyl or cyclic N) is 1. The second kappa shape index (κ2) is 4.60.